The van der Waals surface area contributed by atoms with Gasteiger partial charge in [-0.25, -0.2) is 0 Å². The van der Waals surface area contributed by atoms with Crippen LogP contribution < -0.4 is 5.73 Å². The minimum Gasteiger partial charge on any atom is -0.375 e. The van der Waals surface area contributed by atoms with E-state index in [-0.39, 0.29) is 6.10 Å². The molecule has 0 aliphatic heterocycles. The molecule has 2 heteroatoms. The van der Waals surface area contributed by atoms with Gasteiger partial charge in [0.2, 0.25) is 0 Å². The van der Waals surface area contributed by atoms with E-state index in [9.17, 15) is 0 Å². The summed E-state index contributed by atoms with van der Waals surface area (Å²) in [5.74, 6) is 0. The van der Waals surface area contributed by atoms with Gasteiger partial charge < -0.3 is 10.5 Å². The number of nitrogens with two attached hydrogens (primary N) is 1. The van der Waals surface area contributed by atoms with Gasteiger partial charge in [-0.2, -0.15) is 0 Å². The average molecular weight is 179 g/mol. The maximum Gasteiger partial charge on any atom is 0.0943 e. The van der Waals surface area contributed by atoms with E-state index in [1.807, 2.05) is 0 Å². The Kier molecular flexibility index (Phi) is 3.93. The lowest BCUT2D eigenvalue weighted by molar-refractivity contribution is 0.110. The highest BCUT2D eigenvalue weighted by atomic mass is 16.5. The van der Waals surface area contributed by atoms with E-state index in [1.54, 1.807) is 7.11 Å². The van der Waals surface area contributed by atoms with Crippen LogP contribution in [-0.4, -0.2) is 13.7 Å². The zero-order valence-corrected chi connectivity index (χ0v) is 8.29. The van der Waals surface area contributed by atoms with E-state index >= 15 is 0 Å². The van der Waals surface area contributed by atoms with E-state index in [2.05, 4.69) is 31.2 Å². The number of methoxy groups -OCH3 is 1. The van der Waals surface area contributed by atoms with Gasteiger partial charge >= 0.3 is 0 Å². The van der Waals surface area contributed by atoms with Crippen LogP contribution in [0.3, 0.4) is 0 Å². The molecule has 0 aliphatic rings. The summed E-state index contributed by atoms with van der Waals surface area (Å²) in [5, 5.41) is 0. The summed E-state index contributed by atoms with van der Waals surface area (Å²) in [7, 11) is 1.69. The zero-order chi connectivity index (χ0) is 9.68. The molecule has 1 atom stereocenters. The quantitative estimate of drug-likeness (QED) is 0.766. The first-order chi connectivity index (χ1) is 6.31. The Hall–Kier alpha value is -0.860. The third-order valence-corrected chi connectivity index (χ3v) is 2.26. The fraction of sp³-hybridized carbons (Fsp3) is 0.455. The first-order valence-electron chi connectivity index (χ1n) is 4.63. The van der Waals surface area contributed by atoms with E-state index < -0.39 is 0 Å². The van der Waals surface area contributed by atoms with E-state index in [1.165, 1.54) is 5.56 Å². The number of aryl methyl sites for hydroxylation is 1. The molecule has 13 heavy (non-hydrogen) atoms. The third-order valence-electron chi connectivity index (χ3n) is 2.26. The number of ether oxygens (including phenoxy) is 1. The number of benzene rings is 1. The second-order valence-corrected chi connectivity index (χ2v) is 3.06. The highest BCUT2D eigenvalue weighted by molar-refractivity contribution is 5.24. The van der Waals surface area contributed by atoms with Crippen LogP contribution in [0.5, 0.6) is 0 Å². The SMILES string of the molecule is CCc1ccc([C@H](CN)OC)cc1. The molecule has 0 spiro atoms. The van der Waals surface area contributed by atoms with Crippen molar-refractivity contribution in [2.45, 2.75) is 19.4 Å². The third kappa shape index (κ3) is 2.54. The normalized spacial score (nSPS) is 12.8. The second-order valence-electron chi connectivity index (χ2n) is 3.06. The van der Waals surface area contributed by atoms with Crippen LogP contribution in [0.2, 0.25) is 0 Å². The van der Waals surface area contributed by atoms with Gasteiger partial charge in [0.25, 0.3) is 0 Å². The minimum absolute atomic E-state index is 0.0332. The lowest BCUT2D eigenvalue weighted by atomic mass is 10.1. The monoisotopic (exact) mass is 179 g/mol. The molecular formula is C11H17NO. The van der Waals surface area contributed by atoms with Crippen LogP contribution in [-0.2, 0) is 11.2 Å². The van der Waals surface area contributed by atoms with Gasteiger partial charge in [0.15, 0.2) is 0 Å². The summed E-state index contributed by atoms with van der Waals surface area (Å²) in [6.07, 6.45) is 1.10. The Morgan fingerprint density at radius 2 is 1.92 bits per heavy atom. The topological polar surface area (TPSA) is 35.2 Å². The van der Waals surface area contributed by atoms with E-state index in [0.717, 1.165) is 12.0 Å². The zero-order valence-electron chi connectivity index (χ0n) is 8.29. The molecule has 0 heterocycles. The van der Waals surface area contributed by atoms with Gasteiger partial charge in [-0.1, -0.05) is 31.2 Å². The van der Waals surface area contributed by atoms with Crippen molar-refractivity contribution in [3.8, 4) is 0 Å². The largest absolute Gasteiger partial charge is 0.375 e. The molecule has 0 saturated heterocycles. The smallest absolute Gasteiger partial charge is 0.0943 e. The van der Waals surface area contributed by atoms with Crippen molar-refractivity contribution in [2.24, 2.45) is 5.73 Å². The van der Waals surface area contributed by atoms with Crippen molar-refractivity contribution >= 4 is 0 Å². The molecule has 1 aromatic carbocycles. The molecule has 0 saturated carbocycles. The van der Waals surface area contributed by atoms with E-state index in [4.69, 9.17) is 10.5 Å². The van der Waals surface area contributed by atoms with Gasteiger partial charge in [0.05, 0.1) is 6.10 Å². The molecule has 0 amide bonds. The molecule has 0 bridgehead atoms. The average Bonchev–Trinajstić information content (AvgIpc) is 2.21. The van der Waals surface area contributed by atoms with Gasteiger partial charge in [-0.3, -0.25) is 0 Å². The molecule has 0 aromatic heterocycles. The first-order valence-corrected chi connectivity index (χ1v) is 4.63. The highest BCUT2D eigenvalue weighted by Crippen LogP contribution is 2.15. The fourth-order valence-corrected chi connectivity index (χ4v) is 1.34. The summed E-state index contributed by atoms with van der Waals surface area (Å²) in [6, 6.07) is 8.41. The highest BCUT2D eigenvalue weighted by Gasteiger charge is 2.06. The van der Waals surface area contributed by atoms with Crippen molar-refractivity contribution < 1.29 is 4.74 Å². The number of rotatable bonds is 4. The maximum atomic E-state index is 5.56. The van der Waals surface area contributed by atoms with Crippen LogP contribution in [0.4, 0.5) is 0 Å². The number of hydrogen-bond acceptors (Lipinski definition) is 2. The predicted octanol–water partition coefficient (Wildman–Crippen LogP) is 1.90. The molecular weight excluding hydrogens is 162 g/mol. The summed E-state index contributed by atoms with van der Waals surface area (Å²) in [6.45, 7) is 2.67. The maximum absolute atomic E-state index is 5.56. The molecule has 1 aromatic rings. The first kappa shape index (κ1) is 10.2. The Labute approximate surface area is 79.7 Å². The number of hydrogen-bond donors (Lipinski definition) is 1. The van der Waals surface area contributed by atoms with Crippen molar-refractivity contribution in [1.82, 2.24) is 0 Å². The lowest BCUT2D eigenvalue weighted by Gasteiger charge is -2.13. The molecule has 1 rings (SSSR count). The summed E-state index contributed by atoms with van der Waals surface area (Å²) >= 11 is 0. The summed E-state index contributed by atoms with van der Waals surface area (Å²) < 4.78 is 5.23. The van der Waals surface area contributed by atoms with Crippen molar-refractivity contribution in [1.29, 1.82) is 0 Å². The predicted molar refractivity (Wildman–Crippen MR) is 54.6 cm³/mol. The summed E-state index contributed by atoms with van der Waals surface area (Å²) in [5.41, 5.74) is 8.06. The van der Waals surface area contributed by atoms with Crippen LogP contribution in [0.1, 0.15) is 24.2 Å². The van der Waals surface area contributed by atoms with Crippen LogP contribution in [0.25, 0.3) is 0 Å². The Bertz CT molecular complexity index is 239. The van der Waals surface area contributed by atoms with Crippen LogP contribution in [0.15, 0.2) is 24.3 Å². The van der Waals surface area contributed by atoms with Gasteiger partial charge in [0, 0.05) is 13.7 Å². The van der Waals surface area contributed by atoms with E-state index in [0.29, 0.717) is 6.54 Å². The standard InChI is InChI=1S/C11H17NO/c1-3-9-4-6-10(7-5-9)11(8-12)13-2/h4-7,11H,3,8,12H2,1-2H3/t11-/m0/s1. The molecule has 0 aliphatic carbocycles. The van der Waals surface area contributed by atoms with Gasteiger partial charge in [-0.15, -0.1) is 0 Å². The fourth-order valence-electron chi connectivity index (χ4n) is 1.34. The molecule has 0 fully saturated rings. The van der Waals surface area contributed by atoms with Crippen LogP contribution >= 0.6 is 0 Å². The van der Waals surface area contributed by atoms with Crippen molar-refractivity contribution in [2.75, 3.05) is 13.7 Å². The van der Waals surface area contributed by atoms with Crippen LogP contribution in [0, 0.1) is 0 Å². The van der Waals surface area contributed by atoms with Crippen molar-refractivity contribution in [3.63, 3.8) is 0 Å². The second kappa shape index (κ2) is 5.00. The Balaban J connectivity index is 2.78. The molecule has 0 radical (unpaired) electrons. The van der Waals surface area contributed by atoms with Gasteiger partial charge in [0.1, 0.15) is 0 Å². The van der Waals surface area contributed by atoms with Crippen molar-refractivity contribution in [3.05, 3.63) is 35.4 Å². The van der Waals surface area contributed by atoms with Gasteiger partial charge in [-0.05, 0) is 17.5 Å². The lowest BCUT2D eigenvalue weighted by Crippen LogP contribution is -2.13. The minimum atomic E-state index is 0.0332. The summed E-state index contributed by atoms with van der Waals surface area (Å²) in [4.78, 5) is 0. The molecule has 0 unspecified atom stereocenters. The molecule has 2 nitrogen and oxygen atoms in total. The molecule has 72 valence electrons. The molecule has 2 N–H and O–H groups in total. The Morgan fingerprint density at radius 3 is 2.31 bits per heavy atom. The Morgan fingerprint density at radius 1 is 1.31 bits per heavy atom.